The number of pyridine rings is 2. The molecule has 3 heteroatoms. The first-order valence-electron chi connectivity index (χ1n) is 7.65. The van der Waals surface area contributed by atoms with Crippen LogP contribution in [0.4, 0.5) is 0 Å². The molecule has 2 heterocycles. The van der Waals surface area contributed by atoms with Gasteiger partial charge in [-0.1, -0.05) is 32.1 Å². The summed E-state index contributed by atoms with van der Waals surface area (Å²) in [5, 5.41) is 0. The van der Waals surface area contributed by atoms with Crippen molar-refractivity contribution >= 4 is 11.0 Å². The predicted molar refractivity (Wildman–Crippen MR) is 81.0 cm³/mol. The van der Waals surface area contributed by atoms with Crippen LogP contribution in [0, 0.1) is 5.92 Å². The summed E-state index contributed by atoms with van der Waals surface area (Å²) >= 11 is 0. The Bertz CT molecular complexity index is 576. The van der Waals surface area contributed by atoms with Gasteiger partial charge in [0.25, 0.3) is 0 Å². The average molecular weight is 270 g/mol. The summed E-state index contributed by atoms with van der Waals surface area (Å²) in [5.41, 5.74) is 3.27. The van der Waals surface area contributed by atoms with Gasteiger partial charge in [0.1, 0.15) is 0 Å². The number of ether oxygens (including phenoxy) is 1. The van der Waals surface area contributed by atoms with E-state index in [0.717, 1.165) is 23.4 Å². The Balaban J connectivity index is 1.79. The molecule has 0 atom stereocenters. The highest BCUT2D eigenvalue weighted by Gasteiger charge is 2.14. The van der Waals surface area contributed by atoms with Crippen molar-refractivity contribution in [2.45, 2.75) is 44.9 Å². The first-order valence-corrected chi connectivity index (χ1v) is 7.65. The van der Waals surface area contributed by atoms with E-state index in [-0.39, 0.29) is 0 Å². The molecular formula is C17H22N2O. The van der Waals surface area contributed by atoms with E-state index in [1.165, 1.54) is 44.1 Å². The molecule has 1 aliphatic rings. The fourth-order valence-electron chi connectivity index (χ4n) is 3.21. The fourth-order valence-corrected chi connectivity index (χ4v) is 3.21. The molecule has 106 valence electrons. The molecule has 1 fully saturated rings. The minimum absolute atomic E-state index is 0.671. The zero-order valence-electron chi connectivity index (χ0n) is 12.1. The van der Waals surface area contributed by atoms with E-state index in [1.54, 1.807) is 7.11 Å². The number of aromatic nitrogens is 2. The molecule has 0 unspecified atom stereocenters. The van der Waals surface area contributed by atoms with Gasteiger partial charge in [-0.2, -0.15) is 0 Å². The van der Waals surface area contributed by atoms with Crippen molar-refractivity contribution in [3.8, 4) is 5.88 Å². The molecule has 2 aromatic rings. The molecule has 0 aromatic carbocycles. The highest BCUT2D eigenvalue weighted by molar-refractivity contribution is 5.78. The smallest absolute Gasteiger partial charge is 0.213 e. The maximum Gasteiger partial charge on any atom is 0.213 e. The molecule has 0 radical (unpaired) electrons. The molecule has 0 spiro atoms. The summed E-state index contributed by atoms with van der Waals surface area (Å²) in [6.45, 7) is 0. The summed E-state index contributed by atoms with van der Waals surface area (Å²) in [4.78, 5) is 8.97. The number of fused-ring (bicyclic) bond motifs is 1. The highest BCUT2D eigenvalue weighted by Crippen LogP contribution is 2.28. The van der Waals surface area contributed by atoms with Crippen molar-refractivity contribution in [2.24, 2.45) is 5.92 Å². The first-order chi connectivity index (χ1) is 9.86. The third kappa shape index (κ3) is 2.92. The van der Waals surface area contributed by atoms with E-state index < -0.39 is 0 Å². The second kappa shape index (κ2) is 6.21. The SMILES string of the molecule is COc1ccc2nccc(CCC3CCCCC3)c2n1. The number of hydrogen-bond donors (Lipinski definition) is 0. The lowest BCUT2D eigenvalue weighted by molar-refractivity contribution is 0.339. The van der Waals surface area contributed by atoms with Gasteiger partial charge in [-0.15, -0.1) is 0 Å². The molecule has 0 bridgehead atoms. The number of aryl methyl sites for hydroxylation is 1. The van der Waals surface area contributed by atoms with Gasteiger partial charge in [-0.05, 0) is 36.5 Å². The highest BCUT2D eigenvalue weighted by atomic mass is 16.5. The molecule has 0 N–H and O–H groups in total. The van der Waals surface area contributed by atoms with Gasteiger partial charge in [0.05, 0.1) is 18.1 Å². The summed E-state index contributed by atoms with van der Waals surface area (Å²) in [6, 6.07) is 5.98. The van der Waals surface area contributed by atoms with Crippen molar-refractivity contribution in [3.05, 3.63) is 30.0 Å². The lowest BCUT2D eigenvalue weighted by atomic mass is 9.85. The van der Waals surface area contributed by atoms with E-state index >= 15 is 0 Å². The number of hydrogen-bond acceptors (Lipinski definition) is 3. The van der Waals surface area contributed by atoms with Crippen LogP contribution in [-0.4, -0.2) is 17.1 Å². The second-order valence-corrected chi connectivity index (χ2v) is 5.73. The first kappa shape index (κ1) is 13.3. The van der Waals surface area contributed by atoms with Crippen molar-refractivity contribution in [3.63, 3.8) is 0 Å². The van der Waals surface area contributed by atoms with Crippen LogP contribution < -0.4 is 4.74 Å². The standard InChI is InChI=1S/C17H22N2O/c1-20-16-10-9-15-17(19-16)14(11-12-18-15)8-7-13-5-3-2-4-6-13/h9-13H,2-8H2,1H3. The van der Waals surface area contributed by atoms with Crippen molar-refractivity contribution < 1.29 is 4.74 Å². The quantitative estimate of drug-likeness (QED) is 0.837. The van der Waals surface area contributed by atoms with Crippen molar-refractivity contribution in [1.29, 1.82) is 0 Å². The van der Waals surface area contributed by atoms with Gasteiger partial charge in [0.2, 0.25) is 5.88 Å². The van der Waals surface area contributed by atoms with Crippen LogP contribution in [0.2, 0.25) is 0 Å². The Morgan fingerprint density at radius 3 is 2.80 bits per heavy atom. The van der Waals surface area contributed by atoms with E-state index in [0.29, 0.717) is 5.88 Å². The fraction of sp³-hybridized carbons (Fsp3) is 0.529. The number of nitrogens with zero attached hydrogens (tertiary/aromatic N) is 2. The number of methoxy groups -OCH3 is 1. The summed E-state index contributed by atoms with van der Waals surface area (Å²) in [5.74, 6) is 1.57. The van der Waals surface area contributed by atoms with Crippen LogP contribution in [-0.2, 0) is 6.42 Å². The maximum absolute atomic E-state index is 5.23. The zero-order chi connectivity index (χ0) is 13.8. The minimum Gasteiger partial charge on any atom is -0.481 e. The van der Waals surface area contributed by atoms with Crippen LogP contribution in [0.25, 0.3) is 11.0 Å². The minimum atomic E-state index is 0.671. The Morgan fingerprint density at radius 1 is 1.15 bits per heavy atom. The van der Waals surface area contributed by atoms with Crippen molar-refractivity contribution in [1.82, 2.24) is 9.97 Å². The molecule has 1 aliphatic carbocycles. The van der Waals surface area contributed by atoms with Crippen LogP contribution in [0.15, 0.2) is 24.4 Å². The Morgan fingerprint density at radius 2 is 2.00 bits per heavy atom. The summed E-state index contributed by atoms with van der Waals surface area (Å²) in [6.07, 6.45) is 11.3. The van der Waals surface area contributed by atoms with Gasteiger partial charge in [0.15, 0.2) is 0 Å². The van der Waals surface area contributed by atoms with Crippen molar-refractivity contribution in [2.75, 3.05) is 7.11 Å². The van der Waals surface area contributed by atoms with Gasteiger partial charge in [-0.3, -0.25) is 4.98 Å². The molecule has 0 saturated heterocycles. The summed E-state index contributed by atoms with van der Waals surface area (Å²) < 4.78 is 5.23. The second-order valence-electron chi connectivity index (χ2n) is 5.73. The van der Waals surface area contributed by atoms with Crippen LogP contribution in [0.1, 0.15) is 44.1 Å². The Labute approximate surface area is 120 Å². The molecule has 2 aromatic heterocycles. The van der Waals surface area contributed by atoms with Gasteiger partial charge < -0.3 is 4.74 Å². The molecule has 20 heavy (non-hydrogen) atoms. The topological polar surface area (TPSA) is 35.0 Å². The average Bonchev–Trinajstić information content (AvgIpc) is 2.53. The molecule has 3 rings (SSSR count). The van der Waals surface area contributed by atoms with E-state index in [4.69, 9.17) is 4.74 Å². The van der Waals surface area contributed by atoms with Crippen LogP contribution >= 0.6 is 0 Å². The Kier molecular flexibility index (Phi) is 4.14. The summed E-state index contributed by atoms with van der Waals surface area (Å²) in [7, 11) is 1.66. The lowest BCUT2D eigenvalue weighted by Gasteiger charge is -2.21. The molecular weight excluding hydrogens is 248 g/mol. The van der Waals surface area contributed by atoms with Gasteiger partial charge in [-0.25, -0.2) is 4.98 Å². The van der Waals surface area contributed by atoms with Crippen LogP contribution in [0.3, 0.4) is 0 Å². The molecule has 0 amide bonds. The van der Waals surface area contributed by atoms with E-state index in [1.807, 2.05) is 18.3 Å². The monoisotopic (exact) mass is 270 g/mol. The van der Waals surface area contributed by atoms with Gasteiger partial charge >= 0.3 is 0 Å². The van der Waals surface area contributed by atoms with Gasteiger partial charge in [0, 0.05) is 12.3 Å². The maximum atomic E-state index is 5.23. The predicted octanol–water partition coefficient (Wildman–Crippen LogP) is 4.15. The zero-order valence-corrected chi connectivity index (χ0v) is 12.1. The molecule has 1 saturated carbocycles. The lowest BCUT2D eigenvalue weighted by Crippen LogP contribution is -2.07. The Hall–Kier alpha value is -1.64. The molecule has 3 nitrogen and oxygen atoms in total. The van der Waals surface area contributed by atoms with Crippen LogP contribution in [0.5, 0.6) is 5.88 Å². The third-order valence-electron chi connectivity index (χ3n) is 4.40. The third-order valence-corrected chi connectivity index (χ3v) is 4.40. The van der Waals surface area contributed by atoms with E-state index in [2.05, 4.69) is 16.0 Å². The molecule has 0 aliphatic heterocycles. The normalized spacial score (nSPS) is 16.4. The van der Waals surface area contributed by atoms with E-state index in [9.17, 15) is 0 Å². The largest absolute Gasteiger partial charge is 0.481 e. The number of rotatable bonds is 4.